The summed E-state index contributed by atoms with van der Waals surface area (Å²) in [5.74, 6) is -0.216. The SMILES string of the molecule is CCOCCOc1nc(-c2ccc(C(F)(F)F)cc2)n(-c2ccc(NC(=O)c3ccc([N+](=O)[O-])cc3)cc2)n1. The molecule has 0 unspecified atom stereocenters. The van der Waals surface area contributed by atoms with Crippen LogP contribution in [-0.4, -0.2) is 45.4 Å². The summed E-state index contributed by atoms with van der Waals surface area (Å²) in [6.07, 6.45) is -4.48. The van der Waals surface area contributed by atoms with Crippen molar-refractivity contribution in [3.63, 3.8) is 0 Å². The third-order valence-corrected chi connectivity index (χ3v) is 5.43. The fourth-order valence-electron chi connectivity index (χ4n) is 3.49. The highest BCUT2D eigenvalue weighted by Crippen LogP contribution is 2.31. The first-order valence-corrected chi connectivity index (χ1v) is 11.7. The van der Waals surface area contributed by atoms with E-state index in [0.717, 1.165) is 12.1 Å². The van der Waals surface area contributed by atoms with Crippen molar-refractivity contribution < 1.29 is 32.4 Å². The average Bonchev–Trinajstić information content (AvgIpc) is 3.35. The van der Waals surface area contributed by atoms with Crippen molar-refractivity contribution in [1.82, 2.24) is 14.8 Å². The number of benzene rings is 3. The lowest BCUT2D eigenvalue weighted by Crippen LogP contribution is -2.12. The molecule has 3 aromatic carbocycles. The summed E-state index contributed by atoms with van der Waals surface area (Å²) in [5.41, 5.74) is 0.634. The Morgan fingerprint density at radius 3 is 2.26 bits per heavy atom. The fraction of sp³-hybridized carbons (Fsp3) is 0.192. The molecule has 202 valence electrons. The van der Waals surface area contributed by atoms with E-state index in [2.05, 4.69) is 15.4 Å². The van der Waals surface area contributed by atoms with E-state index in [-0.39, 0.29) is 29.7 Å². The van der Waals surface area contributed by atoms with Crippen molar-refractivity contribution in [3.05, 3.63) is 94.0 Å². The quantitative estimate of drug-likeness (QED) is 0.159. The Balaban J connectivity index is 1.57. The van der Waals surface area contributed by atoms with Crippen molar-refractivity contribution in [2.24, 2.45) is 0 Å². The minimum Gasteiger partial charge on any atom is -0.460 e. The maximum Gasteiger partial charge on any atom is 0.416 e. The van der Waals surface area contributed by atoms with Gasteiger partial charge in [0.25, 0.3) is 11.6 Å². The van der Waals surface area contributed by atoms with Crippen molar-refractivity contribution in [1.29, 1.82) is 0 Å². The number of amides is 1. The second-order valence-electron chi connectivity index (χ2n) is 8.06. The van der Waals surface area contributed by atoms with Crippen molar-refractivity contribution >= 4 is 17.3 Å². The van der Waals surface area contributed by atoms with Gasteiger partial charge in [0.2, 0.25) is 0 Å². The molecule has 4 rings (SSSR count). The normalized spacial score (nSPS) is 11.3. The summed E-state index contributed by atoms with van der Waals surface area (Å²) in [4.78, 5) is 27.1. The third-order valence-electron chi connectivity index (χ3n) is 5.43. The Morgan fingerprint density at radius 2 is 1.67 bits per heavy atom. The number of nitro groups is 1. The van der Waals surface area contributed by atoms with Gasteiger partial charge in [-0.2, -0.15) is 18.2 Å². The first kappa shape index (κ1) is 27.3. The number of carbonyl (C=O) groups excluding carboxylic acids is 1. The fourth-order valence-corrected chi connectivity index (χ4v) is 3.49. The molecule has 4 aromatic rings. The molecular formula is C26H22F3N5O5. The summed E-state index contributed by atoms with van der Waals surface area (Å²) in [5, 5.41) is 17.9. The number of ether oxygens (including phenoxy) is 2. The number of non-ortho nitro benzene ring substituents is 1. The molecule has 13 heteroatoms. The molecule has 0 aliphatic carbocycles. The topological polar surface area (TPSA) is 121 Å². The smallest absolute Gasteiger partial charge is 0.416 e. The summed E-state index contributed by atoms with van der Waals surface area (Å²) < 4.78 is 51.3. The van der Waals surface area contributed by atoms with Gasteiger partial charge in [0.05, 0.1) is 22.8 Å². The van der Waals surface area contributed by atoms with Crippen LogP contribution in [0.25, 0.3) is 17.1 Å². The van der Waals surface area contributed by atoms with E-state index in [1.165, 1.54) is 41.1 Å². The number of halogens is 3. The van der Waals surface area contributed by atoms with Crippen LogP contribution in [0.2, 0.25) is 0 Å². The van der Waals surface area contributed by atoms with Crippen LogP contribution in [0.3, 0.4) is 0 Å². The van der Waals surface area contributed by atoms with Gasteiger partial charge in [-0.25, -0.2) is 4.68 Å². The minimum absolute atomic E-state index is 0.0140. The third kappa shape index (κ3) is 6.76. The number of hydrogen-bond donors (Lipinski definition) is 1. The molecule has 0 bridgehead atoms. The van der Waals surface area contributed by atoms with Gasteiger partial charge in [-0.15, -0.1) is 5.10 Å². The Kier molecular flexibility index (Phi) is 8.20. The maximum atomic E-state index is 13.0. The highest BCUT2D eigenvalue weighted by Gasteiger charge is 2.30. The van der Waals surface area contributed by atoms with Crippen LogP contribution in [0.5, 0.6) is 6.01 Å². The molecule has 0 saturated heterocycles. The molecule has 1 N–H and O–H groups in total. The van der Waals surface area contributed by atoms with Crippen LogP contribution in [0.15, 0.2) is 72.8 Å². The number of nitrogens with zero attached hydrogens (tertiary/aromatic N) is 4. The summed E-state index contributed by atoms with van der Waals surface area (Å²) in [7, 11) is 0. The molecule has 10 nitrogen and oxygen atoms in total. The zero-order chi connectivity index (χ0) is 28.0. The van der Waals surface area contributed by atoms with Crippen LogP contribution in [0.1, 0.15) is 22.8 Å². The van der Waals surface area contributed by atoms with E-state index in [0.29, 0.717) is 30.2 Å². The van der Waals surface area contributed by atoms with Crippen LogP contribution in [-0.2, 0) is 10.9 Å². The zero-order valence-corrected chi connectivity index (χ0v) is 20.5. The largest absolute Gasteiger partial charge is 0.460 e. The molecule has 0 saturated carbocycles. The zero-order valence-electron chi connectivity index (χ0n) is 20.5. The van der Waals surface area contributed by atoms with Crippen molar-refractivity contribution in [2.45, 2.75) is 13.1 Å². The van der Waals surface area contributed by atoms with Gasteiger partial charge in [0.15, 0.2) is 5.82 Å². The van der Waals surface area contributed by atoms with Gasteiger partial charge in [0, 0.05) is 35.6 Å². The number of hydrogen-bond acceptors (Lipinski definition) is 7. The van der Waals surface area contributed by atoms with Gasteiger partial charge < -0.3 is 14.8 Å². The average molecular weight is 541 g/mol. The molecule has 0 atom stereocenters. The van der Waals surface area contributed by atoms with Gasteiger partial charge in [-0.05, 0) is 55.5 Å². The highest BCUT2D eigenvalue weighted by molar-refractivity contribution is 6.04. The minimum atomic E-state index is -4.48. The number of rotatable bonds is 10. The molecule has 0 aliphatic rings. The van der Waals surface area contributed by atoms with E-state index in [1.54, 1.807) is 24.3 Å². The summed E-state index contributed by atoms with van der Waals surface area (Å²) >= 11 is 0. The standard InChI is InChI=1S/C26H22F3N5O5/c1-2-38-15-16-39-25-31-23(17-3-7-19(8-4-17)26(27,28)29)33(32-25)21-13-9-20(10-14-21)30-24(35)18-5-11-22(12-6-18)34(36)37/h3-14H,2,15-16H2,1H3,(H,30,35). The second-order valence-corrected chi connectivity index (χ2v) is 8.06. The lowest BCUT2D eigenvalue weighted by atomic mass is 10.1. The molecule has 1 aromatic heterocycles. The Labute approximate surface area is 220 Å². The Bertz CT molecular complexity index is 1440. The predicted molar refractivity (Wildman–Crippen MR) is 135 cm³/mol. The van der Waals surface area contributed by atoms with E-state index in [9.17, 15) is 28.1 Å². The lowest BCUT2D eigenvalue weighted by molar-refractivity contribution is -0.384. The number of nitro benzene ring substituents is 1. The summed E-state index contributed by atoms with van der Waals surface area (Å²) in [6, 6.07) is 16.2. The van der Waals surface area contributed by atoms with E-state index in [1.807, 2.05) is 6.92 Å². The monoisotopic (exact) mass is 541 g/mol. The Hall–Kier alpha value is -4.78. The lowest BCUT2D eigenvalue weighted by Gasteiger charge is -2.10. The molecule has 0 aliphatic heterocycles. The van der Waals surface area contributed by atoms with Gasteiger partial charge in [-0.1, -0.05) is 12.1 Å². The van der Waals surface area contributed by atoms with E-state index < -0.39 is 22.6 Å². The number of anilines is 1. The van der Waals surface area contributed by atoms with Gasteiger partial charge in [0.1, 0.15) is 6.61 Å². The van der Waals surface area contributed by atoms with E-state index >= 15 is 0 Å². The summed E-state index contributed by atoms with van der Waals surface area (Å²) in [6.45, 7) is 2.84. The maximum absolute atomic E-state index is 13.0. The first-order valence-electron chi connectivity index (χ1n) is 11.7. The van der Waals surface area contributed by atoms with Crippen molar-refractivity contribution in [2.75, 3.05) is 25.1 Å². The highest BCUT2D eigenvalue weighted by atomic mass is 19.4. The molecule has 0 spiro atoms. The van der Waals surface area contributed by atoms with E-state index in [4.69, 9.17) is 9.47 Å². The van der Waals surface area contributed by atoms with Gasteiger partial charge in [-0.3, -0.25) is 14.9 Å². The first-order chi connectivity index (χ1) is 18.7. The molecule has 1 heterocycles. The molecule has 1 amide bonds. The molecule has 0 fully saturated rings. The number of aromatic nitrogens is 3. The van der Waals surface area contributed by atoms with Crippen LogP contribution < -0.4 is 10.1 Å². The molecule has 39 heavy (non-hydrogen) atoms. The molecule has 0 radical (unpaired) electrons. The number of nitrogens with one attached hydrogen (secondary N) is 1. The number of carbonyl (C=O) groups is 1. The Morgan fingerprint density at radius 1 is 1.00 bits per heavy atom. The van der Waals surface area contributed by atoms with Gasteiger partial charge >= 0.3 is 12.2 Å². The van der Waals surface area contributed by atoms with Crippen LogP contribution >= 0.6 is 0 Å². The predicted octanol–water partition coefficient (Wildman–Crippen LogP) is 5.53. The van der Waals surface area contributed by atoms with Crippen LogP contribution in [0.4, 0.5) is 24.5 Å². The number of alkyl halides is 3. The molecular weight excluding hydrogens is 519 g/mol. The van der Waals surface area contributed by atoms with Crippen molar-refractivity contribution in [3.8, 4) is 23.1 Å². The van der Waals surface area contributed by atoms with Crippen LogP contribution in [0, 0.1) is 10.1 Å². The second kappa shape index (κ2) is 11.7.